The van der Waals surface area contributed by atoms with Gasteiger partial charge in [0.05, 0.1) is 23.5 Å². The van der Waals surface area contributed by atoms with E-state index in [9.17, 15) is 29.4 Å². The summed E-state index contributed by atoms with van der Waals surface area (Å²) in [6.07, 6.45) is 1.76. The number of aliphatic hydroxyl groups is 2. The van der Waals surface area contributed by atoms with Gasteiger partial charge in [-0.15, -0.1) is 0 Å². The third-order valence-corrected chi connectivity index (χ3v) is 11.0. The number of hydrogen-bond donors (Lipinski definition) is 3. The van der Waals surface area contributed by atoms with Crippen molar-refractivity contribution in [2.45, 2.75) is 99.2 Å². The highest BCUT2D eigenvalue weighted by Crippen LogP contribution is 2.69. The number of ketones is 3. The van der Waals surface area contributed by atoms with Crippen molar-refractivity contribution in [3.05, 3.63) is 22.8 Å². The van der Waals surface area contributed by atoms with Gasteiger partial charge in [0.15, 0.2) is 11.6 Å². The van der Waals surface area contributed by atoms with Crippen molar-refractivity contribution in [3.63, 3.8) is 0 Å². The smallest absolute Gasteiger partial charge is 0.306 e. The van der Waals surface area contributed by atoms with Crippen molar-refractivity contribution >= 4 is 23.3 Å². The molecule has 37 heavy (non-hydrogen) atoms. The lowest BCUT2D eigenvalue weighted by Gasteiger charge is -2.61. The molecule has 4 aliphatic rings. The second-order valence-corrected chi connectivity index (χ2v) is 13.5. The second kappa shape index (κ2) is 8.70. The Bertz CT molecular complexity index is 1130. The lowest BCUT2D eigenvalue weighted by atomic mass is 9.42. The molecule has 0 aromatic rings. The van der Waals surface area contributed by atoms with Crippen LogP contribution in [0.1, 0.15) is 87.0 Å². The Labute approximate surface area is 219 Å². The Hall–Kier alpha value is -2.12. The average Bonchev–Trinajstić information content (AvgIpc) is 2.99. The number of aliphatic carboxylic acids is 1. The fraction of sp³-hybridized carbons (Fsp3) is 0.733. The molecule has 1 fully saturated rings. The summed E-state index contributed by atoms with van der Waals surface area (Å²) < 4.78 is 0. The molecule has 4 rings (SSSR count). The van der Waals surface area contributed by atoms with E-state index in [4.69, 9.17) is 5.11 Å². The second-order valence-electron chi connectivity index (χ2n) is 13.5. The highest BCUT2D eigenvalue weighted by molar-refractivity contribution is 6.09. The summed E-state index contributed by atoms with van der Waals surface area (Å²) in [6, 6.07) is 0. The number of allylic oxidation sites excluding steroid dienone is 3. The van der Waals surface area contributed by atoms with Crippen molar-refractivity contribution in [2.24, 2.45) is 39.4 Å². The summed E-state index contributed by atoms with van der Waals surface area (Å²) in [4.78, 5) is 51.7. The van der Waals surface area contributed by atoms with Gasteiger partial charge in [0.25, 0.3) is 0 Å². The number of Topliss-reactive ketones (excluding diaryl/α,β-unsaturated/α-hetero) is 2. The summed E-state index contributed by atoms with van der Waals surface area (Å²) in [6.45, 7) is 13.2. The molecule has 1 unspecified atom stereocenters. The van der Waals surface area contributed by atoms with E-state index < -0.39 is 45.8 Å². The monoisotopic (exact) mass is 514 g/mol. The van der Waals surface area contributed by atoms with E-state index in [1.54, 1.807) is 6.08 Å². The van der Waals surface area contributed by atoms with Gasteiger partial charge in [-0.25, -0.2) is 0 Å². The summed E-state index contributed by atoms with van der Waals surface area (Å²) in [5.41, 5.74) is -1.17. The highest BCUT2D eigenvalue weighted by atomic mass is 16.4. The first kappa shape index (κ1) is 27.9. The standard InChI is InChI=1S/C30H42O7/c1-15(10-17(31)11-16(2)26(36)37)18-12-23(35)30(7)25-19(32)13-21-27(3,4)22(34)8-9-28(21,5)24(25)20(33)14-29(18,30)6/h12,15-16,19,21-22,32,34H,8-11,13-14H2,1-7H3,(H,36,37)/t15?,16-,19+,21+,22+,28+,29-,30+/m1/s1. The van der Waals surface area contributed by atoms with Gasteiger partial charge < -0.3 is 15.3 Å². The molecule has 3 N–H and O–H groups in total. The Morgan fingerprint density at radius 3 is 2.27 bits per heavy atom. The molecule has 7 heteroatoms. The van der Waals surface area contributed by atoms with E-state index in [-0.39, 0.29) is 48.4 Å². The van der Waals surface area contributed by atoms with Crippen LogP contribution in [0.2, 0.25) is 0 Å². The molecule has 0 aromatic carbocycles. The summed E-state index contributed by atoms with van der Waals surface area (Å²) in [5, 5.41) is 31.5. The number of rotatable bonds is 6. The van der Waals surface area contributed by atoms with E-state index >= 15 is 0 Å². The van der Waals surface area contributed by atoms with Crippen LogP contribution in [-0.4, -0.2) is 50.8 Å². The van der Waals surface area contributed by atoms with Crippen LogP contribution < -0.4 is 0 Å². The first-order valence-corrected chi connectivity index (χ1v) is 13.6. The molecule has 0 amide bonds. The zero-order chi connectivity index (χ0) is 27.9. The van der Waals surface area contributed by atoms with Crippen LogP contribution in [-0.2, 0) is 19.2 Å². The summed E-state index contributed by atoms with van der Waals surface area (Å²) in [5.74, 6) is -2.66. The van der Waals surface area contributed by atoms with Crippen LogP contribution in [0.15, 0.2) is 22.8 Å². The van der Waals surface area contributed by atoms with Gasteiger partial charge in [-0.2, -0.15) is 0 Å². The lowest BCUT2D eigenvalue weighted by Crippen LogP contribution is -2.60. The van der Waals surface area contributed by atoms with Gasteiger partial charge in [-0.3, -0.25) is 19.2 Å². The quantitative estimate of drug-likeness (QED) is 0.488. The Morgan fingerprint density at radius 1 is 1.05 bits per heavy atom. The molecule has 0 heterocycles. The van der Waals surface area contributed by atoms with Gasteiger partial charge in [0, 0.05) is 30.3 Å². The van der Waals surface area contributed by atoms with Crippen molar-refractivity contribution < 1.29 is 34.5 Å². The molecule has 1 saturated carbocycles. The largest absolute Gasteiger partial charge is 0.481 e. The average molecular weight is 515 g/mol. The van der Waals surface area contributed by atoms with Gasteiger partial charge >= 0.3 is 5.97 Å². The third-order valence-electron chi connectivity index (χ3n) is 11.0. The molecule has 7 nitrogen and oxygen atoms in total. The molecular weight excluding hydrogens is 472 g/mol. The van der Waals surface area contributed by atoms with Crippen LogP contribution in [0.3, 0.4) is 0 Å². The Balaban J connectivity index is 1.75. The third kappa shape index (κ3) is 3.75. The van der Waals surface area contributed by atoms with Gasteiger partial charge in [-0.1, -0.05) is 47.1 Å². The van der Waals surface area contributed by atoms with E-state index in [2.05, 4.69) is 6.92 Å². The number of fused-ring (bicyclic) bond motifs is 4. The summed E-state index contributed by atoms with van der Waals surface area (Å²) >= 11 is 0. The zero-order valence-corrected chi connectivity index (χ0v) is 23.2. The molecule has 0 aliphatic heterocycles. The van der Waals surface area contributed by atoms with Crippen molar-refractivity contribution in [1.29, 1.82) is 0 Å². The predicted octanol–water partition coefficient (Wildman–Crippen LogP) is 4.05. The maximum Gasteiger partial charge on any atom is 0.306 e. The number of aliphatic hydroxyl groups excluding tert-OH is 2. The molecule has 0 aromatic heterocycles. The van der Waals surface area contributed by atoms with Crippen LogP contribution in [0.5, 0.6) is 0 Å². The molecule has 4 aliphatic carbocycles. The van der Waals surface area contributed by atoms with E-state index in [1.807, 2.05) is 34.6 Å². The minimum Gasteiger partial charge on any atom is -0.481 e. The number of carboxylic acid groups (broad SMARTS) is 1. The van der Waals surface area contributed by atoms with Crippen LogP contribution >= 0.6 is 0 Å². The number of hydrogen-bond acceptors (Lipinski definition) is 6. The molecule has 0 radical (unpaired) electrons. The normalized spacial score (nSPS) is 40.4. The lowest BCUT2D eigenvalue weighted by molar-refractivity contribution is -0.143. The van der Waals surface area contributed by atoms with E-state index in [0.29, 0.717) is 30.4 Å². The fourth-order valence-electron chi connectivity index (χ4n) is 8.54. The number of carboxylic acids is 1. The number of carbonyl (C=O) groups excluding carboxylic acids is 3. The molecular formula is C30H42O7. The van der Waals surface area contributed by atoms with Crippen molar-refractivity contribution in [2.75, 3.05) is 0 Å². The highest BCUT2D eigenvalue weighted by Gasteiger charge is 2.68. The first-order valence-electron chi connectivity index (χ1n) is 13.6. The molecule has 204 valence electrons. The first-order chi connectivity index (χ1) is 16.9. The number of carbonyl (C=O) groups is 4. The maximum atomic E-state index is 14.0. The van der Waals surface area contributed by atoms with Gasteiger partial charge in [0.2, 0.25) is 0 Å². The van der Waals surface area contributed by atoms with Gasteiger partial charge in [0.1, 0.15) is 5.78 Å². The molecule has 0 saturated heterocycles. The minimum absolute atomic E-state index is 0.0629. The topological polar surface area (TPSA) is 129 Å². The van der Waals surface area contributed by atoms with Crippen LogP contribution in [0, 0.1) is 39.4 Å². The van der Waals surface area contributed by atoms with Gasteiger partial charge in [-0.05, 0) is 60.5 Å². The van der Waals surface area contributed by atoms with Crippen molar-refractivity contribution in [3.8, 4) is 0 Å². The molecule has 0 spiro atoms. The summed E-state index contributed by atoms with van der Waals surface area (Å²) in [7, 11) is 0. The van der Waals surface area contributed by atoms with E-state index in [1.165, 1.54) is 6.92 Å². The van der Waals surface area contributed by atoms with E-state index in [0.717, 1.165) is 5.57 Å². The SMILES string of the molecule is CC(CC(=O)C[C@@H](C)C(=O)O)C1=CC(=O)[C@@]2(C)C3=C(C(=O)C[C@]12C)[C@@]1(C)CC[C@H](O)C(C)(C)[C@@H]1C[C@@H]3O. The van der Waals surface area contributed by atoms with Crippen LogP contribution in [0.4, 0.5) is 0 Å². The zero-order valence-electron chi connectivity index (χ0n) is 23.2. The molecule has 8 atom stereocenters. The molecule has 0 bridgehead atoms. The fourth-order valence-corrected chi connectivity index (χ4v) is 8.54. The van der Waals surface area contributed by atoms with Crippen molar-refractivity contribution in [1.82, 2.24) is 0 Å². The Morgan fingerprint density at radius 2 is 1.68 bits per heavy atom. The minimum atomic E-state index is -1.11. The maximum absolute atomic E-state index is 14.0. The predicted molar refractivity (Wildman–Crippen MR) is 137 cm³/mol. The Kier molecular flexibility index (Phi) is 6.56. The van der Waals surface area contributed by atoms with Crippen LogP contribution in [0.25, 0.3) is 0 Å².